The standard InChI is InChI=1S/C16H16N4O2/c21-15(13-5-1-2-6-18-13)12-4-3-9-20(11-12)16(22)14-10-17-7-8-19-14/h1-2,5-8,10,12H,3-4,9,11H2. The van der Waals surface area contributed by atoms with Crippen LogP contribution in [0.25, 0.3) is 0 Å². The number of hydrogen-bond acceptors (Lipinski definition) is 5. The van der Waals surface area contributed by atoms with Crippen molar-refractivity contribution in [2.24, 2.45) is 5.92 Å². The van der Waals surface area contributed by atoms with Crippen LogP contribution in [0.1, 0.15) is 33.8 Å². The second-order valence-corrected chi connectivity index (χ2v) is 5.26. The largest absolute Gasteiger partial charge is 0.337 e. The molecule has 1 atom stereocenters. The predicted octanol–water partition coefficient (Wildman–Crippen LogP) is 1.61. The number of nitrogens with zero attached hydrogens (tertiary/aromatic N) is 4. The van der Waals surface area contributed by atoms with Crippen LogP contribution in [0.15, 0.2) is 43.0 Å². The summed E-state index contributed by atoms with van der Waals surface area (Å²) in [6, 6.07) is 5.29. The van der Waals surface area contributed by atoms with E-state index in [0.717, 1.165) is 12.8 Å². The summed E-state index contributed by atoms with van der Waals surface area (Å²) in [5.74, 6) is -0.381. The van der Waals surface area contributed by atoms with E-state index < -0.39 is 0 Å². The summed E-state index contributed by atoms with van der Waals surface area (Å²) in [5, 5.41) is 0. The molecule has 0 N–H and O–H groups in total. The van der Waals surface area contributed by atoms with Crippen molar-refractivity contribution in [1.82, 2.24) is 19.9 Å². The van der Waals surface area contributed by atoms with Crippen molar-refractivity contribution in [1.29, 1.82) is 0 Å². The Morgan fingerprint density at radius 2 is 1.95 bits per heavy atom. The predicted molar refractivity (Wildman–Crippen MR) is 79.2 cm³/mol. The van der Waals surface area contributed by atoms with Crippen LogP contribution in [0.5, 0.6) is 0 Å². The van der Waals surface area contributed by atoms with Crippen LogP contribution in [-0.2, 0) is 0 Å². The van der Waals surface area contributed by atoms with Crippen LogP contribution >= 0.6 is 0 Å². The normalized spacial score (nSPS) is 18.0. The van der Waals surface area contributed by atoms with E-state index in [1.165, 1.54) is 18.6 Å². The molecule has 1 aliphatic heterocycles. The van der Waals surface area contributed by atoms with E-state index in [2.05, 4.69) is 15.0 Å². The van der Waals surface area contributed by atoms with Gasteiger partial charge in [-0.2, -0.15) is 0 Å². The quantitative estimate of drug-likeness (QED) is 0.804. The SMILES string of the molecule is O=C(c1ccccn1)C1CCCN(C(=O)c2cnccn2)C1. The lowest BCUT2D eigenvalue weighted by molar-refractivity contribution is 0.0630. The van der Waals surface area contributed by atoms with E-state index in [0.29, 0.717) is 24.5 Å². The highest BCUT2D eigenvalue weighted by Gasteiger charge is 2.30. The maximum atomic E-state index is 12.5. The summed E-state index contributed by atoms with van der Waals surface area (Å²) in [7, 11) is 0. The second-order valence-electron chi connectivity index (χ2n) is 5.26. The Morgan fingerprint density at radius 3 is 2.68 bits per heavy atom. The number of pyridine rings is 1. The number of piperidine rings is 1. The molecule has 112 valence electrons. The summed E-state index contributed by atoms with van der Waals surface area (Å²) in [4.78, 5) is 38.6. The topological polar surface area (TPSA) is 76.1 Å². The molecule has 1 aliphatic rings. The van der Waals surface area contributed by atoms with Crippen LogP contribution in [-0.4, -0.2) is 44.6 Å². The number of Topliss-reactive ketones (excluding diaryl/α,β-unsaturated/α-hetero) is 1. The summed E-state index contributed by atoms with van der Waals surface area (Å²) < 4.78 is 0. The van der Waals surface area contributed by atoms with Crippen LogP contribution in [0.3, 0.4) is 0 Å². The van der Waals surface area contributed by atoms with Crippen molar-refractivity contribution in [2.75, 3.05) is 13.1 Å². The molecule has 22 heavy (non-hydrogen) atoms. The maximum absolute atomic E-state index is 12.5. The first-order valence-electron chi connectivity index (χ1n) is 7.26. The van der Waals surface area contributed by atoms with Gasteiger partial charge in [0.2, 0.25) is 0 Å². The summed E-state index contributed by atoms with van der Waals surface area (Å²) in [6.07, 6.45) is 7.66. The lowest BCUT2D eigenvalue weighted by Gasteiger charge is -2.31. The molecule has 3 heterocycles. The number of ketones is 1. The van der Waals surface area contributed by atoms with Crippen molar-refractivity contribution in [3.05, 3.63) is 54.4 Å². The minimum absolute atomic E-state index is 0.00255. The van der Waals surface area contributed by atoms with Gasteiger partial charge in [0.05, 0.1) is 6.20 Å². The lowest BCUT2D eigenvalue weighted by Crippen LogP contribution is -2.42. The van der Waals surface area contributed by atoms with Gasteiger partial charge in [-0.15, -0.1) is 0 Å². The van der Waals surface area contributed by atoms with Gasteiger partial charge in [-0.05, 0) is 25.0 Å². The van der Waals surface area contributed by atoms with Crippen molar-refractivity contribution < 1.29 is 9.59 Å². The van der Waals surface area contributed by atoms with Gasteiger partial charge in [0.1, 0.15) is 11.4 Å². The molecule has 0 saturated carbocycles. The smallest absolute Gasteiger partial charge is 0.274 e. The Morgan fingerprint density at radius 1 is 1.09 bits per heavy atom. The number of rotatable bonds is 3. The second kappa shape index (κ2) is 6.43. The van der Waals surface area contributed by atoms with Gasteiger partial charge in [-0.1, -0.05) is 6.07 Å². The van der Waals surface area contributed by atoms with Gasteiger partial charge in [0.25, 0.3) is 5.91 Å². The molecule has 0 bridgehead atoms. The molecule has 3 rings (SSSR count). The molecule has 0 aliphatic carbocycles. The molecule has 6 nitrogen and oxygen atoms in total. The molecule has 1 fully saturated rings. The number of carbonyl (C=O) groups excluding carboxylic acids is 2. The number of amides is 1. The summed E-state index contributed by atoms with van der Waals surface area (Å²) in [5.41, 5.74) is 0.773. The van der Waals surface area contributed by atoms with Crippen LogP contribution in [0.2, 0.25) is 0 Å². The Bertz CT molecular complexity index is 603. The highest BCUT2D eigenvalue weighted by atomic mass is 16.2. The third kappa shape index (κ3) is 3.00. The fraction of sp³-hybridized carbons (Fsp3) is 0.312. The van der Waals surface area contributed by atoms with E-state index in [9.17, 15) is 9.59 Å². The average Bonchev–Trinajstić information content (AvgIpc) is 2.62. The molecule has 1 amide bonds. The molecule has 6 heteroatoms. The van der Waals surface area contributed by atoms with E-state index in [-0.39, 0.29) is 17.6 Å². The fourth-order valence-corrected chi connectivity index (χ4v) is 2.66. The first kappa shape index (κ1) is 14.3. The number of carbonyl (C=O) groups is 2. The van der Waals surface area contributed by atoms with Gasteiger partial charge < -0.3 is 4.90 Å². The number of hydrogen-bond donors (Lipinski definition) is 0. The number of likely N-dealkylation sites (tertiary alicyclic amines) is 1. The molecule has 2 aromatic rings. The van der Waals surface area contributed by atoms with Gasteiger partial charge in [0.15, 0.2) is 5.78 Å². The van der Waals surface area contributed by atoms with Crippen molar-refractivity contribution in [3.8, 4) is 0 Å². The molecular weight excluding hydrogens is 280 g/mol. The van der Waals surface area contributed by atoms with Crippen LogP contribution < -0.4 is 0 Å². The zero-order valence-corrected chi connectivity index (χ0v) is 12.1. The van der Waals surface area contributed by atoms with Crippen molar-refractivity contribution in [2.45, 2.75) is 12.8 Å². The van der Waals surface area contributed by atoms with E-state index >= 15 is 0 Å². The third-order valence-corrected chi connectivity index (χ3v) is 3.78. The van der Waals surface area contributed by atoms with E-state index in [4.69, 9.17) is 0 Å². The monoisotopic (exact) mass is 296 g/mol. The first-order chi connectivity index (χ1) is 10.8. The first-order valence-corrected chi connectivity index (χ1v) is 7.26. The molecule has 0 spiro atoms. The minimum atomic E-state index is -0.204. The Labute approximate surface area is 128 Å². The van der Waals surface area contributed by atoms with Gasteiger partial charge >= 0.3 is 0 Å². The molecule has 0 radical (unpaired) electrons. The van der Waals surface area contributed by atoms with E-state index in [1.54, 1.807) is 29.3 Å². The van der Waals surface area contributed by atoms with Crippen LogP contribution in [0, 0.1) is 5.92 Å². The Balaban J connectivity index is 1.72. The molecule has 1 unspecified atom stereocenters. The summed E-state index contributed by atoms with van der Waals surface area (Å²) >= 11 is 0. The zero-order valence-electron chi connectivity index (χ0n) is 12.1. The average molecular weight is 296 g/mol. The zero-order chi connectivity index (χ0) is 15.4. The van der Waals surface area contributed by atoms with Gasteiger partial charge in [-0.25, -0.2) is 4.98 Å². The highest BCUT2D eigenvalue weighted by Crippen LogP contribution is 2.21. The van der Waals surface area contributed by atoms with Gasteiger partial charge in [0, 0.05) is 37.6 Å². The summed E-state index contributed by atoms with van der Waals surface area (Å²) in [6.45, 7) is 1.05. The molecular formula is C16H16N4O2. The van der Waals surface area contributed by atoms with Crippen molar-refractivity contribution in [3.63, 3.8) is 0 Å². The lowest BCUT2D eigenvalue weighted by atomic mass is 9.92. The fourth-order valence-electron chi connectivity index (χ4n) is 2.66. The van der Waals surface area contributed by atoms with E-state index in [1.807, 2.05) is 0 Å². The number of aromatic nitrogens is 3. The minimum Gasteiger partial charge on any atom is -0.337 e. The van der Waals surface area contributed by atoms with Crippen LogP contribution in [0.4, 0.5) is 0 Å². The Kier molecular flexibility index (Phi) is 4.18. The molecule has 0 aromatic carbocycles. The van der Waals surface area contributed by atoms with Crippen molar-refractivity contribution >= 4 is 11.7 Å². The molecule has 2 aromatic heterocycles. The highest BCUT2D eigenvalue weighted by molar-refractivity contribution is 5.97. The molecule has 1 saturated heterocycles. The van der Waals surface area contributed by atoms with Gasteiger partial charge in [-0.3, -0.25) is 19.6 Å². The maximum Gasteiger partial charge on any atom is 0.274 e. The Hall–Kier alpha value is -2.63. The third-order valence-electron chi connectivity index (χ3n) is 3.78.